The quantitative estimate of drug-likeness (QED) is 0.132. The van der Waals surface area contributed by atoms with Gasteiger partial charge >= 0.3 is 37.1 Å². The van der Waals surface area contributed by atoms with Gasteiger partial charge in [-0.05, 0) is 52.3 Å². The molecule has 0 spiro atoms. The van der Waals surface area contributed by atoms with Gasteiger partial charge in [0.2, 0.25) is 0 Å². The molecule has 0 aliphatic carbocycles. The van der Waals surface area contributed by atoms with Crippen molar-refractivity contribution in [2.45, 2.75) is 36.0 Å². The van der Waals surface area contributed by atoms with E-state index in [9.17, 15) is 43.2 Å². The number of hydrogen-bond donors (Lipinski definition) is 1. The predicted molar refractivity (Wildman–Crippen MR) is 168 cm³/mol. The first kappa shape index (κ1) is 39.2. The van der Waals surface area contributed by atoms with Crippen molar-refractivity contribution in [2.24, 2.45) is 18.4 Å². The van der Waals surface area contributed by atoms with Crippen molar-refractivity contribution in [3.8, 4) is 22.8 Å². The molecule has 20 heteroatoms. The van der Waals surface area contributed by atoms with Crippen LogP contribution in [0.25, 0.3) is 22.8 Å². The SMILES string of the molecule is CCS(=O)(=O)c1cc(C(F)(F)F)ccc1-c1ncc(Br)n1C.CCS(=O)(=O)c1cc(C(F)(F)F)ccc1-c1nccn1C.[B]=NS. The molecule has 0 saturated carbocycles. The van der Waals surface area contributed by atoms with Gasteiger partial charge in [0.05, 0.1) is 38.6 Å². The second-order valence-electron chi connectivity index (χ2n) is 9.17. The van der Waals surface area contributed by atoms with Crippen LogP contribution in [0.5, 0.6) is 0 Å². The summed E-state index contributed by atoms with van der Waals surface area (Å²) in [5, 5.41) is 0. The number of rotatable bonds is 6. The first-order valence-corrected chi connectivity index (χ1v) is 17.2. The topological polar surface area (TPSA) is 116 Å². The van der Waals surface area contributed by atoms with Gasteiger partial charge in [0, 0.05) is 37.6 Å². The van der Waals surface area contributed by atoms with Crippen LogP contribution in [0.4, 0.5) is 26.3 Å². The number of hydrogen-bond acceptors (Lipinski definition) is 8. The number of halogens is 7. The summed E-state index contributed by atoms with van der Waals surface area (Å²) in [7, 11) is -0.0346. The van der Waals surface area contributed by atoms with Gasteiger partial charge in [-0.15, -0.1) is 0 Å². The average molecular weight is 773 g/mol. The number of alkyl halides is 6. The van der Waals surface area contributed by atoms with Crippen molar-refractivity contribution < 1.29 is 43.2 Å². The minimum atomic E-state index is -4.61. The molecule has 0 amide bonds. The molecule has 0 bridgehead atoms. The second-order valence-corrected chi connectivity index (χ2v) is 14.7. The van der Waals surface area contributed by atoms with E-state index in [4.69, 9.17) is 0 Å². The first-order chi connectivity index (χ1) is 21.2. The molecule has 0 aliphatic heterocycles. The molecule has 0 aliphatic rings. The summed E-state index contributed by atoms with van der Waals surface area (Å²) in [6.07, 6.45) is -4.71. The fraction of sp³-hybridized carbons (Fsp3) is 0.308. The number of sulfone groups is 2. The van der Waals surface area contributed by atoms with E-state index in [0.717, 1.165) is 24.3 Å². The summed E-state index contributed by atoms with van der Waals surface area (Å²) in [5.41, 5.74) is -1.69. The van der Waals surface area contributed by atoms with E-state index in [1.54, 1.807) is 29.4 Å². The van der Waals surface area contributed by atoms with Crippen LogP contribution in [0, 0.1) is 0 Å². The van der Waals surface area contributed by atoms with Crippen LogP contribution in [0.15, 0.2) is 73.7 Å². The zero-order chi connectivity index (χ0) is 35.3. The second kappa shape index (κ2) is 15.3. The number of imidazole rings is 2. The zero-order valence-electron chi connectivity index (χ0n) is 24.5. The van der Waals surface area contributed by atoms with Crippen LogP contribution in [0.1, 0.15) is 25.0 Å². The molecule has 0 atom stereocenters. The molecule has 1 radical (unpaired) electrons. The summed E-state index contributed by atoms with van der Waals surface area (Å²) in [4.78, 5) is 7.34. The molecule has 0 saturated heterocycles. The Balaban J connectivity index is 0.000000295. The molecule has 0 N–H and O–H groups in total. The van der Waals surface area contributed by atoms with Crippen LogP contribution in [0.2, 0.25) is 0 Å². The maximum atomic E-state index is 12.9. The van der Waals surface area contributed by atoms with Crippen LogP contribution in [-0.2, 0) is 46.1 Å². The van der Waals surface area contributed by atoms with Crippen LogP contribution < -0.4 is 0 Å². The van der Waals surface area contributed by atoms with Crippen molar-refractivity contribution in [3.63, 3.8) is 0 Å². The van der Waals surface area contributed by atoms with Crippen molar-refractivity contribution in [1.82, 2.24) is 19.1 Å². The minimum absolute atomic E-state index is 0.142. The summed E-state index contributed by atoms with van der Waals surface area (Å²) < 4.78 is 132. The molecule has 4 aromatic rings. The molecule has 2 aromatic carbocycles. The maximum absolute atomic E-state index is 12.9. The predicted octanol–water partition coefficient (Wildman–Crippen LogP) is 6.74. The van der Waals surface area contributed by atoms with E-state index in [1.165, 1.54) is 26.2 Å². The average Bonchev–Trinajstić information content (AvgIpc) is 3.56. The Morgan fingerprint density at radius 3 is 1.54 bits per heavy atom. The standard InChI is InChI=1S/C13H12BrF3N2O2S.C13H13F3N2O2S.BHNS/c1-3-22(20,21)10-6-8(13(15,16)17)4-5-9(10)12-18-7-11(14)19(12)2;1-3-21(19,20)11-8-9(13(14,15)16)4-5-10(11)12-17-6-7-18(12)2;1-2-3/h4-7H,3H2,1-2H3;4-8H,3H2,1-2H3;3H. The van der Waals surface area contributed by atoms with E-state index >= 15 is 0 Å². The molecule has 0 unspecified atom stereocenters. The first-order valence-electron chi connectivity index (χ1n) is 12.7. The zero-order valence-corrected chi connectivity index (χ0v) is 28.6. The Labute approximate surface area is 276 Å². The third-order valence-corrected chi connectivity index (χ3v) is 10.6. The fourth-order valence-corrected chi connectivity index (χ4v) is 6.35. The molecule has 0 fully saturated rings. The molecular formula is C26H26BBrF6N5O4S3. The van der Waals surface area contributed by atoms with Gasteiger partial charge in [-0.25, -0.2) is 26.8 Å². The summed E-state index contributed by atoms with van der Waals surface area (Å²) >= 11 is 6.41. The van der Waals surface area contributed by atoms with Gasteiger partial charge in [0.1, 0.15) is 16.3 Å². The van der Waals surface area contributed by atoms with Crippen molar-refractivity contribution in [3.05, 3.63) is 70.7 Å². The van der Waals surface area contributed by atoms with Crippen molar-refractivity contribution >= 4 is 56.1 Å². The van der Waals surface area contributed by atoms with E-state index < -0.39 is 43.2 Å². The third-order valence-electron chi connectivity index (χ3n) is 6.28. The normalized spacial score (nSPS) is 12.1. The number of aromatic nitrogens is 4. The summed E-state index contributed by atoms with van der Waals surface area (Å²) in [6, 6.07) is 5.33. The molecule has 2 heterocycles. The van der Waals surface area contributed by atoms with Gasteiger partial charge < -0.3 is 9.13 Å². The van der Waals surface area contributed by atoms with Gasteiger partial charge in [-0.2, -0.15) is 26.3 Å². The number of thiol groups is 1. The van der Waals surface area contributed by atoms with Crippen LogP contribution in [-0.4, -0.2) is 55.1 Å². The van der Waals surface area contributed by atoms with Gasteiger partial charge in [0.15, 0.2) is 19.7 Å². The van der Waals surface area contributed by atoms with Crippen molar-refractivity contribution in [1.29, 1.82) is 0 Å². The third kappa shape index (κ3) is 9.31. The monoisotopic (exact) mass is 772 g/mol. The Bertz CT molecular complexity index is 1910. The van der Waals surface area contributed by atoms with E-state index in [-0.39, 0.29) is 38.2 Å². The molecular weight excluding hydrogens is 747 g/mol. The van der Waals surface area contributed by atoms with Gasteiger partial charge in [0.25, 0.3) is 0 Å². The number of nitrogens with zero attached hydrogens (tertiary/aromatic N) is 5. The van der Waals surface area contributed by atoms with Crippen LogP contribution >= 0.6 is 28.7 Å². The summed E-state index contributed by atoms with van der Waals surface area (Å²) in [6.45, 7) is 2.77. The van der Waals surface area contributed by atoms with Crippen LogP contribution in [0.3, 0.4) is 0 Å². The molecule has 2 aromatic heterocycles. The van der Waals surface area contributed by atoms with E-state index in [1.807, 2.05) is 0 Å². The van der Waals surface area contributed by atoms with E-state index in [0.29, 0.717) is 22.6 Å². The van der Waals surface area contributed by atoms with Gasteiger partial charge in [-0.1, -0.05) is 13.8 Å². The molecule has 46 heavy (non-hydrogen) atoms. The Hall–Kier alpha value is -2.97. The van der Waals surface area contributed by atoms with Gasteiger partial charge in [-0.3, -0.25) is 0 Å². The molecule has 249 valence electrons. The van der Waals surface area contributed by atoms with E-state index in [2.05, 4.69) is 50.7 Å². The fourth-order valence-electron chi connectivity index (χ4n) is 3.86. The number of aryl methyl sites for hydroxylation is 1. The van der Waals surface area contributed by atoms with Crippen molar-refractivity contribution in [2.75, 3.05) is 11.5 Å². The summed E-state index contributed by atoms with van der Waals surface area (Å²) in [5.74, 6) is -0.0121. The Kier molecular flexibility index (Phi) is 13.0. The molecule has 9 nitrogen and oxygen atoms in total. The molecule has 4 rings (SSSR count). The Morgan fingerprint density at radius 1 is 0.826 bits per heavy atom. The Morgan fingerprint density at radius 2 is 1.24 bits per heavy atom. The number of benzene rings is 2.